The Hall–Kier alpha value is -0.0400. The third kappa shape index (κ3) is 10.2. The number of hydrogen-bond donors (Lipinski definition) is 1. The fourth-order valence-electron chi connectivity index (χ4n) is 1.66. The van der Waals surface area contributed by atoms with E-state index in [2.05, 4.69) is 46.9 Å². The summed E-state index contributed by atoms with van der Waals surface area (Å²) in [5.41, 5.74) is 0.492. The highest BCUT2D eigenvalue weighted by Crippen LogP contribution is 2.24. The first-order valence-corrected chi connectivity index (χ1v) is 6.56. The maximum absolute atomic E-state index is 3.57. The van der Waals surface area contributed by atoms with E-state index in [1.165, 1.54) is 25.8 Å². The van der Waals surface area contributed by atoms with Crippen LogP contribution >= 0.6 is 0 Å². The van der Waals surface area contributed by atoms with Gasteiger partial charge in [-0.2, -0.15) is 0 Å². The third-order valence-electron chi connectivity index (χ3n) is 2.87. The molecule has 0 rings (SSSR count). The van der Waals surface area contributed by atoms with Gasteiger partial charge in [-0.1, -0.05) is 48.0 Å². The summed E-state index contributed by atoms with van der Waals surface area (Å²) in [6, 6.07) is 0. The van der Waals surface area contributed by atoms with E-state index in [0.29, 0.717) is 5.41 Å². The lowest BCUT2D eigenvalue weighted by Crippen LogP contribution is -2.26. The Balaban J connectivity index is 3.64. The molecule has 0 aromatic heterocycles. The molecule has 0 heterocycles. The fourth-order valence-corrected chi connectivity index (χ4v) is 1.66. The minimum absolute atomic E-state index is 0.492. The molecule has 1 nitrogen and oxygen atoms in total. The van der Waals surface area contributed by atoms with Gasteiger partial charge < -0.3 is 5.32 Å². The van der Waals surface area contributed by atoms with E-state index >= 15 is 0 Å². The molecule has 0 aromatic carbocycles. The highest BCUT2D eigenvalue weighted by Gasteiger charge is 2.13. The normalized spacial score (nSPS) is 14.6. The van der Waals surface area contributed by atoms with E-state index in [0.717, 1.165) is 18.4 Å². The molecule has 15 heavy (non-hydrogen) atoms. The van der Waals surface area contributed by atoms with Crippen LogP contribution in [-0.4, -0.2) is 13.1 Å². The van der Waals surface area contributed by atoms with Crippen molar-refractivity contribution in [1.82, 2.24) is 5.32 Å². The van der Waals surface area contributed by atoms with Gasteiger partial charge in [0.1, 0.15) is 0 Å². The Morgan fingerprint density at radius 1 is 1.07 bits per heavy atom. The van der Waals surface area contributed by atoms with Gasteiger partial charge in [-0.25, -0.2) is 0 Å². The van der Waals surface area contributed by atoms with Crippen molar-refractivity contribution in [1.29, 1.82) is 0 Å². The molecule has 0 aromatic rings. The molecule has 0 aliphatic carbocycles. The van der Waals surface area contributed by atoms with Crippen LogP contribution in [0.4, 0.5) is 0 Å². The molecule has 1 N–H and O–H groups in total. The molecule has 0 spiro atoms. The van der Waals surface area contributed by atoms with Gasteiger partial charge in [0.2, 0.25) is 0 Å². The van der Waals surface area contributed by atoms with E-state index in [1.807, 2.05) is 0 Å². The molecule has 0 saturated heterocycles. The Morgan fingerprint density at radius 3 is 2.07 bits per heavy atom. The third-order valence-corrected chi connectivity index (χ3v) is 2.87. The van der Waals surface area contributed by atoms with Crippen LogP contribution in [0.15, 0.2) is 0 Å². The van der Waals surface area contributed by atoms with E-state index in [4.69, 9.17) is 0 Å². The average molecular weight is 213 g/mol. The molecule has 0 aliphatic heterocycles. The minimum atomic E-state index is 0.492. The van der Waals surface area contributed by atoms with Gasteiger partial charge in [-0.05, 0) is 43.2 Å². The molecular formula is C14H31N. The lowest BCUT2D eigenvalue weighted by Gasteiger charge is -2.23. The topological polar surface area (TPSA) is 12.0 Å². The maximum Gasteiger partial charge on any atom is -0.00205 e. The van der Waals surface area contributed by atoms with Crippen molar-refractivity contribution in [2.45, 2.75) is 60.8 Å². The van der Waals surface area contributed by atoms with E-state index < -0.39 is 0 Å². The molecule has 0 amide bonds. The summed E-state index contributed by atoms with van der Waals surface area (Å²) in [6.45, 7) is 16.2. The smallest absolute Gasteiger partial charge is 0.00205 e. The van der Waals surface area contributed by atoms with Crippen LogP contribution in [0.1, 0.15) is 60.8 Å². The zero-order chi connectivity index (χ0) is 11.9. The van der Waals surface area contributed by atoms with Crippen LogP contribution in [0, 0.1) is 17.3 Å². The van der Waals surface area contributed by atoms with Crippen molar-refractivity contribution in [2.75, 3.05) is 13.1 Å². The van der Waals surface area contributed by atoms with E-state index in [1.54, 1.807) is 0 Å². The number of nitrogens with one attached hydrogen (secondary N) is 1. The van der Waals surface area contributed by atoms with Crippen LogP contribution in [-0.2, 0) is 0 Å². The molecule has 0 radical (unpaired) electrons. The van der Waals surface area contributed by atoms with E-state index in [-0.39, 0.29) is 0 Å². The molecule has 0 fully saturated rings. The van der Waals surface area contributed by atoms with Crippen LogP contribution < -0.4 is 5.32 Å². The van der Waals surface area contributed by atoms with Crippen molar-refractivity contribution < 1.29 is 0 Å². The monoisotopic (exact) mass is 213 g/mol. The fraction of sp³-hybridized carbons (Fsp3) is 1.00. The highest BCUT2D eigenvalue weighted by molar-refractivity contribution is 4.67. The van der Waals surface area contributed by atoms with Crippen LogP contribution in [0.2, 0.25) is 0 Å². The molecule has 1 atom stereocenters. The number of rotatable bonds is 7. The van der Waals surface area contributed by atoms with Crippen LogP contribution in [0.5, 0.6) is 0 Å². The summed E-state index contributed by atoms with van der Waals surface area (Å²) in [7, 11) is 0. The molecule has 0 bridgehead atoms. The molecule has 92 valence electrons. The quantitative estimate of drug-likeness (QED) is 0.672. The largest absolute Gasteiger partial charge is 0.316 e. The molecule has 0 saturated carbocycles. The van der Waals surface area contributed by atoms with Crippen molar-refractivity contribution >= 4 is 0 Å². The first-order chi connectivity index (χ1) is 6.85. The van der Waals surface area contributed by atoms with Gasteiger partial charge in [0, 0.05) is 0 Å². The summed E-state index contributed by atoms with van der Waals surface area (Å²) in [4.78, 5) is 0. The summed E-state index contributed by atoms with van der Waals surface area (Å²) < 4.78 is 0. The average Bonchev–Trinajstić information content (AvgIpc) is 2.08. The van der Waals surface area contributed by atoms with Crippen LogP contribution in [0.25, 0.3) is 0 Å². The van der Waals surface area contributed by atoms with Gasteiger partial charge >= 0.3 is 0 Å². The summed E-state index contributed by atoms with van der Waals surface area (Å²) in [6.07, 6.45) is 4.02. The first kappa shape index (κ1) is 15.0. The molecule has 0 aliphatic rings. The molecule has 1 heteroatoms. The Kier molecular flexibility index (Phi) is 7.25. The molecule has 1 unspecified atom stereocenters. The second kappa shape index (κ2) is 7.27. The van der Waals surface area contributed by atoms with Crippen molar-refractivity contribution in [3.8, 4) is 0 Å². The van der Waals surface area contributed by atoms with E-state index in [9.17, 15) is 0 Å². The van der Waals surface area contributed by atoms with Crippen LogP contribution in [0.3, 0.4) is 0 Å². The standard InChI is InChI=1S/C14H31N/c1-7-13(8-9-14(4,5)6)11-15-10-12(2)3/h12-13,15H,7-11H2,1-6H3. The second-order valence-electron chi connectivity index (χ2n) is 6.43. The maximum atomic E-state index is 3.57. The Bertz CT molecular complexity index is 144. The molecular weight excluding hydrogens is 182 g/mol. The zero-order valence-electron chi connectivity index (χ0n) is 11.7. The van der Waals surface area contributed by atoms with Gasteiger partial charge in [-0.15, -0.1) is 0 Å². The summed E-state index contributed by atoms with van der Waals surface area (Å²) in [5, 5.41) is 3.57. The predicted molar refractivity (Wildman–Crippen MR) is 70.2 cm³/mol. The summed E-state index contributed by atoms with van der Waals surface area (Å²) >= 11 is 0. The van der Waals surface area contributed by atoms with Crippen molar-refractivity contribution in [3.63, 3.8) is 0 Å². The Morgan fingerprint density at radius 2 is 1.67 bits per heavy atom. The van der Waals surface area contributed by atoms with Crippen molar-refractivity contribution in [2.24, 2.45) is 17.3 Å². The van der Waals surface area contributed by atoms with Gasteiger partial charge in [0.05, 0.1) is 0 Å². The predicted octanol–water partition coefficient (Wildman–Crippen LogP) is 4.08. The van der Waals surface area contributed by atoms with Gasteiger partial charge in [-0.3, -0.25) is 0 Å². The van der Waals surface area contributed by atoms with Gasteiger partial charge in [0.15, 0.2) is 0 Å². The highest BCUT2D eigenvalue weighted by atomic mass is 14.9. The zero-order valence-corrected chi connectivity index (χ0v) is 11.7. The Labute approximate surface area is 97.0 Å². The number of hydrogen-bond acceptors (Lipinski definition) is 1. The summed E-state index contributed by atoms with van der Waals surface area (Å²) in [5.74, 6) is 1.63. The van der Waals surface area contributed by atoms with Crippen molar-refractivity contribution in [3.05, 3.63) is 0 Å². The lowest BCUT2D eigenvalue weighted by atomic mass is 9.86. The minimum Gasteiger partial charge on any atom is -0.316 e. The lowest BCUT2D eigenvalue weighted by molar-refractivity contribution is 0.308. The second-order valence-corrected chi connectivity index (χ2v) is 6.43. The SMILES string of the molecule is CCC(CCC(C)(C)C)CNCC(C)C. The first-order valence-electron chi connectivity index (χ1n) is 6.56. The van der Waals surface area contributed by atoms with Gasteiger partial charge in [0.25, 0.3) is 0 Å².